The van der Waals surface area contributed by atoms with Crippen LogP contribution in [0.4, 0.5) is 5.82 Å². The van der Waals surface area contributed by atoms with Gasteiger partial charge in [-0.1, -0.05) is 5.16 Å². The van der Waals surface area contributed by atoms with Crippen molar-refractivity contribution in [2.45, 2.75) is 25.8 Å². The second kappa shape index (κ2) is 4.38. The Bertz CT molecular complexity index is 401. The molecule has 1 aromatic heterocycles. The number of nitrogens with zero attached hydrogens (tertiary/aromatic N) is 3. The number of anilines is 1. The minimum absolute atomic E-state index is 0.113. The Morgan fingerprint density at radius 3 is 3.00 bits per heavy atom. The van der Waals surface area contributed by atoms with Gasteiger partial charge in [0, 0.05) is 18.8 Å². The van der Waals surface area contributed by atoms with Crippen LogP contribution < -0.4 is 10.6 Å². The van der Waals surface area contributed by atoms with Gasteiger partial charge in [0.2, 0.25) is 0 Å². The number of hydrogen-bond donors (Lipinski definition) is 2. The molecule has 0 unspecified atom stereocenters. The molecule has 0 aromatic carbocycles. The van der Waals surface area contributed by atoms with E-state index in [2.05, 4.69) is 22.0 Å². The quantitative estimate of drug-likeness (QED) is 0.345. The largest absolute Gasteiger partial charge is 0.409 e. The van der Waals surface area contributed by atoms with Crippen molar-refractivity contribution >= 4 is 11.7 Å². The summed E-state index contributed by atoms with van der Waals surface area (Å²) in [4.78, 5) is 6.54. The van der Waals surface area contributed by atoms with Gasteiger partial charge in [0.05, 0.1) is 5.56 Å². The highest BCUT2D eigenvalue weighted by atomic mass is 16.4. The Labute approximate surface area is 94.6 Å². The summed E-state index contributed by atoms with van der Waals surface area (Å²) in [6.45, 7) is 2.97. The summed E-state index contributed by atoms with van der Waals surface area (Å²) in [6, 6.07) is 4.17. The SMILES string of the molecule is CCN(c1ncccc1/C(N)=N/O)C1CC1. The molecule has 1 heterocycles. The van der Waals surface area contributed by atoms with Crippen molar-refractivity contribution in [2.75, 3.05) is 11.4 Å². The zero-order chi connectivity index (χ0) is 11.5. The molecular weight excluding hydrogens is 204 g/mol. The van der Waals surface area contributed by atoms with Gasteiger partial charge in [0.25, 0.3) is 0 Å². The number of amidine groups is 1. The van der Waals surface area contributed by atoms with Gasteiger partial charge in [-0.25, -0.2) is 4.98 Å². The molecule has 1 aliphatic carbocycles. The maximum Gasteiger partial charge on any atom is 0.173 e. The molecule has 1 aliphatic rings. The van der Waals surface area contributed by atoms with Crippen molar-refractivity contribution in [3.8, 4) is 0 Å². The smallest absolute Gasteiger partial charge is 0.173 e. The highest BCUT2D eigenvalue weighted by Crippen LogP contribution is 2.31. The molecule has 0 atom stereocenters. The van der Waals surface area contributed by atoms with E-state index in [0.29, 0.717) is 11.6 Å². The molecule has 86 valence electrons. The van der Waals surface area contributed by atoms with Crippen molar-refractivity contribution in [2.24, 2.45) is 10.9 Å². The topological polar surface area (TPSA) is 74.7 Å². The van der Waals surface area contributed by atoms with E-state index in [9.17, 15) is 0 Å². The fraction of sp³-hybridized carbons (Fsp3) is 0.455. The van der Waals surface area contributed by atoms with Gasteiger partial charge in [-0.15, -0.1) is 0 Å². The van der Waals surface area contributed by atoms with E-state index >= 15 is 0 Å². The molecule has 5 nitrogen and oxygen atoms in total. The van der Waals surface area contributed by atoms with Crippen LogP contribution >= 0.6 is 0 Å². The Hall–Kier alpha value is -1.78. The zero-order valence-electron chi connectivity index (χ0n) is 9.30. The molecule has 5 heteroatoms. The average molecular weight is 220 g/mol. The number of pyridine rings is 1. The van der Waals surface area contributed by atoms with Gasteiger partial charge >= 0.3 is 0 Å². The predicted octanol–water partition coefficient (Wildman–Crippen LogP) is 1.16. The van der Waals surface area contributed by atoms with Gasteiger partial charge in [-0.3, -0.25) is 0 Å². The van der Waals surface area contributed by atoms with Crippen LogP contribution in [0, 0.1) is 0 Å². The van der Waals surface area contributed by atoms with Crippen LogP contribution in [0.25, 0.3) is 0 Å². The third-order valence-corrected chi connectivity index (χ3v) is 2.77. The van der Waals surface area contributed by atoms with Gasteiger partial charge in [-0.05, 0) is 31.9 Å². The van der Waals surface area contributed by atoms with Crippen molar-refractivity contribution in [1.82, 2.24) is 4.98 Å². The molecule has 0 radical (unpaired) electrons. The Kier molecular flexibility index (Phi) is 2.94. The first kappa shape index (κ1) is 10.7. The average Bonchev–Trinajstić information content (AvgIpc) is 3.14. The summed E-state index contributed by atoms with van der Waals surface area (Å²) in [7, 11) is 0. The van der Waals surface area contributed by atoms with Crippen LogP contribution in [0.5, 0.6) is 0 Å². The predicted molar refractivity (Wildman–Crippen MR) is 62.8 cm³/mol. The van der Waals surface area contributed by atoms with E-state index in [0.717, 1.165) is 12.4 Å². The van der Waals surface area contributed by atoms with Crippen LogP contribution in [0.3, 0.4) is 0 Å². The monoisotopic (exact) mass is 220 g/mol. The third-order valence-electron chi connectivity index (χ3n) is 2.77. The minimum atomic E-state index is 0.113. The van der Waals surface area contributed by atoms with Crippen molar-refractivity contribution in [1.29, 1.82) is 0 Å². The van der Waals surface area contributed by atoms with Gasteiger partial charge < -0.3 is 15.8 Å². The molecule has 0 aliphatic heterocycles. The Balaban J connectivity index is 2.38. The summed E-state index contributed by atoms with van der Waals surface area (Å²) in [5.41, 5.74) is 6.33. The first-order chi connectivity index (χ1) is 7.77. The van der Waals surface area contributed by atoms with Crippen LogP contribution in [0.15, 0.2) is 23.5 Å². The van der Waals surface area contributed by atoms with Gasteiger partial charge in [-0.2, -0.15) is 0 Å². The van der Waals surface area contributed by atoms with E-state index in [1.54, 1.807) is 12.3 Å². The normalized spacial score (nSPS) is 16.2. The standard InChI is InChI=1S/C11H16N4O/c1-2-15(8-5-6-8)11-9(10(12)14-16)4-3-7-13-11/h3-4,7-8,16H,2,5-6H2,1H3,(H2,12,14). The summed E-state index contributed by atoms with van der Waals surface area (Å²) in [5, 5.41) is 11.8. The molecule has 1 fully saturated rings. The second-order valence-electron chi connectivity index (χ2n) is 3.88. The van der Waals surface area contributed by atoms with Crippen LogP contribution in [-0.4, -0.2) is 28.6 Å². The first-order valence-corrected chi connectivity index (χ1v) is 5.47. The van der Waals surface area contributed by atoms with Gasteiger partial charge in [0.1, 0.15) is 5.82 Å². The number of aromatic nitrogens is 1. The number of hydrogen-bond acceptors (Lipinski definition) is 4. The lowest BCUT2D eigenvalue weighted by Crippen LogP contribution is -2.29. The molecular formula is C11H16N4O. The number of nitrogens with two attached hydrogens (primary N) is 1. The Morgan fingerprint density at radius 1 is 1.69 bits per heavy atom. The highest BCUT2D eigenvalue weighted by Gasteiger charge is 2.30. The van der Waals surface area contributed by atoms with E-state index in [1.807, 2.05) is 6.07 Å². The Morgan fingerprint density at radius 2 is 2.44 bits per heavy atom. The molecule has 0 spiro atoms. The van der Waals surface area contributed by atoms with Crippen LogP contribution in [0.1, 0.15) is 25.3 Å². The molecule has 3 N–H and O–H groups in total. The molecule has 0 saturated heterocycles. The molecule has 2 rings (SSSR count). The molecule has 1 aromatic rings. The summed E-state index contributed by atoms with van der Waals surface area (Å²) >= 11 is 0. The zero-order valence-corrected chi connectivity index (χ0v) is 9.30. The van der Waals surface area contributed by atoms with Crippen LogP contribution in [0.2, 0.25) is 0 Å². The summed E-state index contributed by atoms with van der Waals surface area (Å²) in [6.07, 6.45) is 4.12. The van der Waals surface area contributed by atoms with Crippen molar-refractivity contribution in [3.63, 3.8) is 0 Å². The molecule has 0 amide bonds. The number of oxime groups is 1. The summed E-state index contributed by atoms with van der Waals surface area (Å²) < 4.78 is 0. The molecule has 0 bridgehead atoms. The van der Waals surface area contributed by atoms with Crippen molar-refractivity contribution in [3.05, 3.63) is 23.9 Å². The third kappa shape index (κ3) is 1.93. The molecule has 16 heavy (non-hydrogen) atoms. The summed E-state index contributed by atoms with van der Waals surface area (Å²) in [5.74, 6) is 0.921. The first-order valence-electron chi connectivity index (χ1n) is 5.47. The van der Waals surface area contributed by atoms with E-state index in [4.69, 9.17) is 10.9 Å². The minimum Gasteiger partial charge on any atom is -0.409 e. The lowest BCUT2D eigenvalue weighted by atomic mass is 10.2. The lowest BCUT2D eigenvalue weighted by molar-refractivity contribution is 0.318. The van der Waals surface area contributed by atoms with E-state index < -0.39 is 0 Å². The fourth-order valence-electron chi connectivity index (χ4n) is 1.85. The fourth-order valence-corrected chi connectivity index (χ4v) is 1.85. The molecule has 1 saturated carbocycles. The highest BCUT2D eigenvalue weighted by molar-refractivity contribution is 6.01. The van der Waals surface area contributed by atoms with E-state index in [-0.39, 0.29) is 5.84 Å². The number of rotatable bonds is 4. The maximum absolute atomic E-state index is 8.74. The lowest BCUT2D eigenvalue weighted by Gasteiger charge is -2.23. The van der Waals surface area contributed by atoms with Crippen LogP contribution in [-0.2, 0) is 0 Å². The second-order valence-corrected chi connectivity index (χ2v) is 3.88. The van der Waals surface area contributed by atoms with Gasteiger partial charge in [0.15, 0.2) is 5.84 Å². The van der Waals surface area contributed by atoms with Crippen molar-refractivity contribution < 1.29 is 5.21 Å². The van der Waals surface area contributed by atoms with E-state index in [1.165, 1.54) is 12.8 Å². The maximum atomic E-state index is 8.74.